The van der Waals surface area contributed by atoms with E-state index in [1.54, 1.807) is 0 Å². The molecule has 0 bridgehead atoms. The fraction of sp³-hybridized carbons (Fsp3) is 0.867. The van der Waals surface area contributed by atoms with Crippen molar-refractivity contribution in [1.29, 1.82) is 0 Å². The van der Waals surface area contributed by atoms with E-state index in [4.69, 9.17) is 5.11 Å². The van der Waals surface area contributed by atoms with Gasteiger partial charge in [0.15, 0.2) is 0 Å². The molecule has 1 aliphatic rings. The summed E-state index contributed by atoms with van der Waals surface area (Å²) >= 11 is 0. The number of hydrogen-bond acceptors (Lipinski definition) is 2. The molecule has 1 heterocycles. The Balaban J connectivity index is 2.36. The van der Waals surface area contributed by atoms with Crippen molar-refractivity contribution in [1.82, 2.24) is 10.2 Å². The number of carboxylic acids is 1. The third kappa shape index (κ3) is 5.02. The predicted octanol–water partition coefficient (Wildman–Crippen LogP) is 2.85. The highest BCUT2D eigenvalue weighted by Gasteiger charge is 2.30. The van der Waals surface area contributed by atoms with Gasteiger partial charge in [-0.3, -0.25) is 4.79 Å². The molecular formula is C15H28N2O3. The molecule has 0 spiro atoms. The lowest BCUT2D eigenvalue weighted by molar-refractivity contribution is -0.137. The third-order valence-corrected chi connectivity index (χ3v) is 4.68. The molecule has 0 saturated carbocycles. The number of amides is 2. The largest absolute Gasteiger partial charge is 0.481 e. The summed E-state index contributed by atoms with van der Waals surface area (Å²) in [4.78, 5) is 24.3. The molecule has 0 aliphatic carbocycles. The van der Waals surface area contributed by atoms with Crippen LogP contribution in [0, 0.1) is 5.41 Å². The van der Waals surface area contributed by atoms with Crippen LogP contribution in [0.15, 0.2) is 0 Å². The van der Waals surface area contributed by atoms with E-state index in [0.717, 1.165) is 25.9 Å². The number of carbonyl (C=O) groups excluding carboxylic acids is 1. The van der Waals surface area contributed by atoms with Crippen molar-refractivity contribution < 1.29 is 14.7 Å². The zero-order valence-electron chi connectivity index (χ0n) is 12.8. The molecular weight excluding hydrogens is 256 g/mol. The molecule has 5 nitrogen and oxygen atoms in total. The first kappa shape index (κ1) is 16.8. The summed E-state index contributed by atoms with van der Waals surface area (Å²) in [6.07, 6.45) is 6.28. The van der Waals surface area contributed by atoms with E-state index < -0.39 is 5.97 Å². The van der Waals surface area contributed by atoms with Gasteiger partial charge >= 0.3 is 12.0 Å². The van der Waals surface area contributed by atoms with E-state index >= 15 is 0 Å². The van der Waals surface area contributed by atoms with E-state index in [9.17, 15) is 9.59 Å². The number of likely N-dealkylation sites (tertiary alicyclic amines) is 1. The molecule has 1 aliphatic heterocycles. The Kier molecular flexibility index (Phi) is 6.82. The number of nitrogens with one attached hydrogen (secondary N) is 1. The minimum atomic E-state index is -0.815. The van der Waals surface area contributed by atoms with Gasteiger partial charge in [0.2, 0.25) is 0 Å². The number of rotatable bonds is 6. The van der Waals surface area contributed by atoms with Gasteiger partial charge in [0, 0.05) is 26.1 Å². The standard InChI is InChI=1S/C15H28N2O3/c1-3-15(4-2)8-6-11-17(12-9-15)14(20)16-10-5-7-13(18)19/h3-12H2,1-2H3,(H,16,20)(H,18,19). The Morgan fingerprint density at radius 3 is 2.50 bits per heavy atom. The van der Waals surface area contributed by atoms with Gasteiger partial charge in [-0.2, -0.15) is 0 Å². The van der Waals surface area contributed by atoms with Crippen LogP contribution in [0.5, 0.6) is 0 Å². The number of carbonyl (C=O) groups is 2. The molecule has 20 heavy (non-hydrogen) atoms. The van der Waals surface area contributed by atoms with Gasteiger partial charge in [-0.25, -0.2) is 4.79 Å². The van der Waals surface area contributed by atoms with Crippen molar-refractivity contribution in [3.8, 4) is 0 Å². The maximum Gasteiger partial charge on any atom is 0.317 e. The summed E-state index contributed by atoms with van der Waals surface area (Å²) < 4.78 is 0. The summed E-state index contributed by atoms with van der Waals surface area (Å²) in [5.41, 5.74) is 0.401. The van der Waals surface area contributed by atoms with Crippen LogP contribution in [0.4, 0.5) is 4.79 Å². The lowest BCUT2D eigenvalue weighted by atomic mass is 9.76. The summed E-state index contributed by atoms with van der Waals surface area (Å²) in [6, 6.07) is -0.0432. The Morgan fingerprint density at radius 1 is 1.20 bits per heavy atom. The number of carboxylic acid groups (broad SMARTS) is 1. The van der Waals surface area contributed by atoms with Gasteiger partial charge in [-0.1, -0.05) is 26.7 Å². The smallest absolute Gasteiger partial charge is 0.317 e. The lowest BCUT2D eigenvalue weighted by Gasteiger charge is -2.30. The second kappa shape index (κ2) is 8.12. The zero-order chi connectivity index (χ0) is 15.0. The van der Waals surface area contributed by atoms with Crippen molar-refractivity contribution >= 4 is 12.0 Å². The second-order valence-corrected chi connectivity index (χ2v) is 5.78. The summed E-state index contributed by atoms with van der Waals surface area (Å²) in [5, 5.41) is 11.4. The van der Waals surface area contributed by atoms with Crippen molar-refractivity contribution in [2.75, 3.05) is 19.6 Å². The highest BCUT2D eigenvalue weighted by atomic mass is 16.4. The first-order valence-electron chi connectivity index (χ1n) is 7.77. The van der Waals surface area contributed by atoms with Crippen LogP contribution >= 0.6 is 0 Å². The van der Waals surface area contributed by atoms with Crippen molar-refractivity contribution in [3.05, 3.63) is 0 Å². The van der Waals surface area contributed by atoms with Crippen LogP contribution in [0.2, 0.25) is 0 Å². The van der Waals surface area contributed by atoms with E-state index in [1.165, 1.54) is 19.3 Å². The highest BCUT2D eigenvalue weighted by Crippen LogP contribution is 2.37. The van der Waals surface area contributed by atoms with Crippen molar-refractivity contribution in [2.24, 2.45) is 5.41 Å². The fourth-order valence-corrected chi connectivity index (χ4v) is 2.96. The highest BCUT2D eigenvalue weighted by molar-refractivity contribution is 5.74. The summed E-state index contributed by atoms with van der Waals surface area (Å²) in [7, 11) is 0. The van der Waals surface area contributed by atoms with E-state index in [-0.39, 0.29) is 12.5 Å². The molecule has 2 N–H and O–H groups in total. The van der Waals surface area contributed by atoms with Gasteiger partial charge < -0.3 is 15.3 Å². The molecule has 0 radical (unpaired) electrons. The third-order valence-electron chi connectivity index (χ3n) is 4.68. The quantitative estimate of drug-likeness (QED) is 0.737. The van der Waals surface area contributed by atoms with Crippen LogP contribution in [0.3, 0.4) is 0 Å². The zero-order valence-corrected chi connectivity index (χ0v) is 12.8. The monoisotopic (exact) mass is 284 g/mol. The maximum atomic E-state index is 12.1. The molecule has 0 unspecified atom stereocenters. The summed E-state index contributed by atoms with van der Waals surface area (Å²) in [5.74, 6) is -0.815. The molecule has 116 valence electrons. The van der Waals surface area contributed by atoms with Gasteiger partial charge in [0.1, 0.15) is 0 Å². The molecule has 0 aromatic heterocycles. The first-order valence-corrected chi connectivity index (χ1v) is 7.77. The summed E-state index contributed by atoms with van der Waals surface area (Å²) in [6.45, 7) is 6.55. The normalized spacial score (nSPS) is 18.4. The molecule has 1 rings (SSSR count). The molecule has 5 heteroatoms. The molecule has 0 aromatic rings. The minimum absolute atomic E-state index is 0.0432. The van der Waals surface area contributed by atoms with Gasteiger partial charge in [0.05, 0.1) is 0 Å². The molecule has 0 aromatic carbocycles. The Bertz CT molecular complexity index is 327. The molecule has 2 amide bonds. The predicted molar refractivity (Wildman–Crippen MR) is 78.7 cm³/mol. The average Bonchev–Trinajstić information content (AvgIpc) is 2.66. The van der Waals surface area contributed by atoms with Gasteiger partial charge in [-0.15, -0.1) is 0 Å². The Labute approximate surface area is 121 Å². The van der Waals surface area contributed by atoms with Crippen LogP contribution in [0.1, 0.15) is 58.8 Å². The number of hydrogen-bond donors (Lipinski definition) is 2. The van der Waals surface area contributed by atoms with Crippen LogP contribution in [0.25, 0.3) is 0 Å². The number of aliphatic carboxylic acids is 1. The van der Waals surface area contributed by atoms with Gasteiger partial charge in [0.25, 0.3) is 0 Å². The second-order valence-electron chi connectivity index (χ2n) is 5.78. The van der Waals surface area contributed by atoms with Gasteiger partial charge in [-0.05, 0) is 31.1 Å². The minimum Gasteiger partial charge on any atom is -0.481 e. The SMILES string of the molecule is CCC1(CC)CCCN(C(=O)NCCCC(=O)O)CC1. The first-order chi connectivity index (χ1) is 9.53. The van der Waals surface area contributed by atoms with E-state index in [2.05, 4.69) is 19.2 Å². The molecule has 1 fully saturated rings. The van der Waals surface area contributed by atoms with E-state index in [0.29, 0.717) is 18.4 Å². The number of urea groups is 1. The maximum absolute atomic E-state index is 12.1. The van der Waals surface area contributed by atoms with Crippen LogP contribution in [-0.4, -0.2) is 41.6 Å². The van der Waals surface area contributed by atoms with Crippen LogP contribution < -0.4 is 5.32 Å². The van der Waals surface area contributed by atoms with Crippen LogP contribution in [-0.2, 0) is 4.79 Å². The molecule has 0 atom stereocenters. The fourth-order valence-electron chi connectivity index (χ4n) is 2.96. The topological polar surface area (TPSA) is 69.6 Å². The Hall–Kier alpha value is -1.26. The number of nitrogens with zero attached hydrogens (tertiary/aromatic N) is 1. The van der Waals surface area contributed by atoms with Crippen molar-refractivity contribution in [2.45, 2.75) is 58.8 Å². The Morgan fingerprint density at radius 2 is 1.90 bits per heavy atom. The van der Waals surface area contributed by atoms with Crippen molar-refractivity contribution in [3.63, 3.8) is 0 Å². The lowest BCUT2D eigenvalue weighted by Crippen LogP contribution is -2.41. The average molecular weight is 284 g/mol. The van der Waals surface area contributed by atoms with E-state index in [1.807, 2.05) is 4.90 Å². The molecule has 1 saturated heterocycles.